The van der Waals surface area contributed by atoms with Crippen LogP contribution in [0.5, 0.6) is 0 Å². The number of benzene rings is 1. The molecule has 0 unspecified atom stereocenters. The highest BCUT2D eigenvalue weighted by Crippen LogP contribution is 2.15. The van der Waals surface area contributed by atoms with Gasteiger partial charge in [0.2, 0.25) is 5.78 Å². The maximum Gasteiger partial charge on any atom is 0.291 e. The molecule has 1 aromatic carbocycles. The van der Waals surface area contributed by atoms with Gasteiger partial charge in [-0.25, -0.2) is 0 Å². The highest BCUT2D eigenvalue weighted by molar-refractivity contribution is 6.39. The summed E-state index contributed by atoms with van der Waals surface area (Å²) in [6.07, 6.45) is 0. The molecule has 3 nitrogen and oxygen atoms in total. The zero-order valence-electron chi connectivity index (χ0n) is 8.55. The Labute approximate surface area is 83.1 Å². The van der Waals surface area contributed by atoms with Crippen LogP contribution in [0.25, 0.3) is 0 Å². The smallest absolute Gasteiger partial charge is 0.291 e. The Morgan fingerprint density at radius 1 is 1.21 bits per heavy atom. The van der Waals surface area contributed by atoms with E-state index in [1.54, 1.807) is 0 Å². The van der Waals surface area contributed by atoms with Crippen molar-refractivity contribution < 1.29 is 9.59 Å². The third kappa shape index (κ3) is 2.42. The van der Waals surface area contributed by atoms with Gasteiger partial charge in [0.15, 0.2) is 0 Å². The Balaban J connectivity index is 2.91. The fraction of sp³-hybridized carbons (Fsp3) is 0.273. The van der Waals surface area contributed by atoms with Gasteiger partial charge in [0.25, 0.3) is 5.91 Å². The summed E-state index contributed by atoms with van der Waals surface area (Å²) >= 11 is 0. The summed E-state index contributed by atoms with van der Waals surface area (Å²) in [5.74, 6) is -1.05. The molecule has 0 atom stereocenters. The lowest BCUT2D eigenvalue weighted by molar-refractivity contribution is -0.133. The lowest BCUT2D eigenvalue weighted by Crippen LogP contribution is -2.20. The second-order valence-electron chi connectivity index (χ2n) is 3.33. The molecular weight excluding hydrogens is 178 g/mol. The number of amides is 1. The van der Waals surface area contributed by atoms with E-state index < -0.39 is 11.7 Å². The molecule has 1 amide bonds. The van der Waals surface area contributed by atoms with Crippen molar-refractivity contribution >= 4 is 17.4 Å². The predicted molar refractivity (Wildman–Crippen MR) is 55.2 cm³/mol. The predicted octanol–water partition coefficient (Wildman–Crippen LogP) is 1.83. The molecule has 14 heavy (non-hydrogen) atoms. The minimum atomic E-state index is -0.571. The molecule has 0 aliphatic heterocycles. The largest absolute Gasteiger partial charge is 0.319 e. The Bertz CT molecular complexity index is 383. The van der Waals surface area contributed by atoms with Gasteiger partial charge < -0.3 is 5.32 Å². The quantitative estimate of drug-likeness (QED) is 0.725. The molecule has 0 saturated carbocycles. The third-order valence-corrected chi connectivity index (χ3v) is 1.96. The fourth-order valence-corrected chi connectivity index (χ4v) is 1.08. The van der Waals surface area contributed by atoms with Crippen molar-refractivity contribution in [1.82, 2.24) is 0 Å². The average Bonchev–Trinajstić information content (AvgIpc) is 2.11. The number of rotatable bonds is 2. The van der Waals surface area contributed by atoms with E-state index in [0.717, 1.165) is 11.1 Å². The van der Waals surface area contributed by atoms with Crippen LogP contribution >= 0.6 is 0 Å². The number of carbonyl (C=O) groups is 2. The number of Topliss-reactive ketones (excluding diaryl/α,β-unsaturated/α-hetero) is 1. The first-order chi connectivity index (χ1) is 6.50. The van der Waals surface area contributed by atoms with Crippen LogP contribution in [0.1, 0.15) is 18.1 Å². The topological polar surface area (TPSA) is 46.2 Å². The van der Waals surface area contributed by atoms with Crippen LogP contribution in [0.2, 0.25) is 0 Å². The molecule has 1 rings (SSSR count). The lowest BCUT2D eigenvalue weighted by Gasteiger charge is -2.07. The molecular formula is C11H13NO2. The molecule has 1 N–H and O–H groups in total. The molecule has 0 spiro atoms. The monoisotopic (exact) mass is 191 g/mol. The number of ketones is 1. The molecule has 0 saturated heterocycles. The zero-order valence-corrected chi connectivity index (χ0v) is 8.55. The maximum atomic E-state index is 11.1. The van der Waals surface area contributed by atoms with Crippen LogP contribution in [-0.2, 0) is 9.59 Å². The number of hydrogen-bond donors (Lipinski definition) is 1. The second kappa shape index (κ2) is 4.05. The highest BCUT2D eigenvalue weighted by atomic mass is 16.2. The number of hydrogen-bond acceptors (Lipinski definition) is 2. The first-order valence-corrected chi connectivity index (χ1v) is 4.40. The van der Waals surface area contributed by atoms with Gasteiger partial charge in [-0.1, -0.05) is 12.1 Å². The number of anilines is 1. The van der Waals surface area contributed by atoms with Crippen molar-refractivity contribution in [1.29, 1.82) is 0 Å². The van der Waals surface area contributed by atoms with E-state index in [4.69, 9.17) is 0 Å². The molecule has 0 aliphatic rings. The van der Waals surface area contributed by atoms with Gasteiger partial charge >= 0.3 is 0 Å². The number of carbonyl (C=O) groups excluding carboxylic acids is 2. The molecule has 0 aromatic heterocycles. The summed E-state index contributed by atoms with van der Waals surface area (Å²) in [4.78, 5) is 21.8. The standard InChI is InChI=1S/C11H13NO2/c1-7-4-5-8(2)10(6-7)12-11(14)9(3)13/h4-6H,1-3H3,(H,12,14). The lowest BCUT2D eigenvalue weighted by atomic mass is 10.1. The SMILES string of the molecule is CC(=O)C(=O)Nc1cc(C)ccc1C. The maximum absolute atomic E-state index is 11.1. The van der Waals surface area contributed by atoms with Gasteiger partial charge in [0.1, 0.15) is 0 Å². The van der Waals surface area contributed by atoms with Crippen molar-refractivity contribution in [3.05, 3.63) is 29.3 Å². The Morgan fingerprint density at radius 3 is 2.43 bits per heavy atom. The number of aryl methyl sites for hydroxylation is 2. The van der Waals surface area contributed by atoms with Crippen LogP contribution in [-0.4, -0.2) is 11.7 Å². The van der Waals surface area contributed by atoms with Crippen LogP contribution in [0.4, 0.5) is 5.69 Å². The van der Waals surface area contributed by atoms with Crippen molar-refractivity contribution in [2.24, 2.45) is 0 Å². The molecule has 0 bridgehead atoms. The Hall–Kier alpha value is -1.64. The van der Waals surface area contributed by atoms with E-state index in [9.17, 15) is 9.59 Å². The van der Waals surface area contributed by atoms with Gasteiger partial charge in [0, 0.05) is 12.6 Å². The average molecular weight is 191 g/mol. The van der Waals surface area contributed by atoms with Gasteiger partial charge in [-0.05, 0) is 31.0 Å². The third-order valence-electron chi connectivity index (χ3n) is 1.96. The summed E-state index contributed by atoms with van der Waals surface area (Å²) in [6.45, 7) is 5.07. The van der Waals surface area contributed by atoms with Gasteiger partial charge in [0.05, 0.1) is 0 Å². The molecule has 0 fully saturated rings. The van der Waals surface area contributed by atoms with Gasteiger partial charge in [-0.3, -0.25) is 9.59 Å². The van der Waals surface area contributed by atoms with Crippen molar-refractivity contribution in [2.45, 2.75) is 20.8 Å². The van der Waals surface area contributed by atoms with E-state index in [1.807, 2.05) is 32.0 Å². The second-order valence-corrected chi connectivity index (χ2v) is 3.33. The minimum Gasteiger partial charge on any atom is -0.319 e. The summed E-state index contributed by atoms with van der Waals surface area (Å²) in [6, 6.07) is 5.71. The molecule has 74 valence electrons. The van der Waals surface area contributed by atoms with E-state index in [1.165, 1.54) is 6.92 Å². The molecule has 1 aromatic rings. The summed E-state index contributed by atoms with van der Waals surface area (Å²) in [7, 11) is 0. The van der Waals surface area contributed by atoms with Crippen molar-refractivity contribution in [3.8, 4) is 0 Å². The summed E-state index contributed by atoms with van der Waals surface area (Å²) in [5, 5.41) is 2.56. The zero-order chi connectivity index (χ0) is 10.7. The summed E-state index contributed by atoms with van der Waals surface area (Å²) in [5.41, 5.74) is 2.70. The Morgan fingerprint density at radius 2 is 1.86 bits per heavy atom. The van der Waals surface area contributed by atoms with E-state index >= 15 is 0 Å². The van der Waals surface area contributed by atoms with Crippen LogP contribution in [0.15, 0.2) is 18.2 Å². The molecule has 0 aliphatic carbocycles. The van der Waals surface area contributed by atoms with E-state index in [-0.39, 0.29) is 0 Å². The molecule has 0 radical (unpaired) electrons. The van der Waals surface area contributed by atoms with Gasteiger partial charge in [-0.2, -0.15) is 0 Å². The van der Waals surface area contributed by atoms with Crippen molar-refractivity contribution in [2.75, 3.05) is 5.32 Å². The Kier molecular flexibility index (Phi) is 3.02. The molecule has 0 heterocycles. The fourth-order valence-electron chi connectivity index (χ4n) is 1.08. The van der Waals surface area contributed by atoms with Crippen molar-refractivity contribution in [3.63, 3.8) is 0 Å². The highest BCUT2D eigenvalue weighted by Gasteiger charge is 2.08. The van der Waals surface area contributed by atoms with Crippen LogP contribution < -0.4 is 5.32 Å². The van der Waals surface area contributed by atoms with Crippen LogP contribution in [0.3, 0.4) is 0 Å². The first kappa shape index (κ1) is 10.4. The molecule has 3 heteroatoms. The number of nitrogens with one attached hydrogen (secondary N) is 1. The summed E-state index contributed by atoms with van der Waals surface area (Å²) < 4.78 is 0. The van der Waals surface area contributed by atoms with Crippen LogP contribution in [0, 0.1) is 13.8 Å². The van der Waals surface area contributed by atoms with E-state index in [2.05, 4.69) is 5.32 Å². The normalized spacial score (nSPS) is 9.64. The van der Waals surface area contributed by atoms with E-state index in [0.29, 0.717) is 5.69 Å². The minimum absolute atomic E-state index is 0.481. The first-order valence-electron chi connectivity index (χ1n) is 4.40. The van der Waals surface area contributed by atoms with Gasteiger partial charge in [-0.15, -0.1) is 0 Å².